The molecular formula is C13H18N2O6. The van der Waals surface area contributed by atoms with Gasteiger partial charge in [0.05, 0.1) is 20.3 Å². The molecule has 1 saturated heterocycles. The van der Waals surface area contributed by atoms with Crippen molar-refractivity contribution < 1.29 is 28.6 Å². The molecule has 0 bridgehead atoms. The average molecular weight is 298 g/mol. The smallest absolute Gasteiger partial charge is 0.325 e. The zero-order chi connectivity index (χ0) is 15.9. The maximum absolute atomic E-state index is 12.6. The molecule has 0 aliphatic carbocycles. The molecule has 0 saturated carbocycles. The van der Waals surface area contributed by atoms with E-state index in [2.05, 4.69) is 9.47 Å². The third-order valence-corrected chi connectivity index (χ3v) is 3.35. The first-order valence-corrected chi connectivity index (χ1v) is 6.41. The zero-order valence-corrected chi connectivity index (χ0v) is 12.1. The molecule has 0 atom stereocenters. The lowest BCUT2D eigenvalue weighted by molar-refractivity contribution is -0.157. The second kappa shape index (κ2) is 7.59. The van der Waals surface area contributed by atoms with Gasteiger partial charge in [-0.2, -0.15) is 5.26 Å². The van der Waals surface area contributed by atoms with Crippen molar-refractivity contribution in [2.24, 2.45) is 5.41 Å². The highest BCUT2D eigenvalue weighted by atomic mass is 16.5. The van der Waals surface area contributed by atoms with Gasteiger partial charge in [-0.05, 0) is 12.8 Å². The van der Waals surface area contributed by atoms with Crippen molar-refractivity contribution in [2.45, 2.75) is 12.8 Å². The fourth-order valence-electron chi connectivity index (χ4n) is 2.04. The molecule has 116 valence electrons. The number of hydrogen-bond acceptors (Lipinski definition) is 7. The number of nitriles is 1. The molecule has 1 heterocycles. The van der Waals surface area contributed by atoms with Crippen LogP contribution in [0.25, 0.3) is 0 Å². The summed E-state index contributed by atoms with van der Waals surface area (Å²) in [5.74, 6) is -1.93. The number of carbonyl (C=O) groups excluding carboxylic acids is 3. The molecule has 0 radical (unpaired) electrons. The van der Waals surface area contributed by atoms with E-state index in [4.69, 9.17) is 4.74 Å². The zero-order valence-electron chi connectivity index (χ0n) is 12.1. The van der Waals surface area contributed by atoms with Crippen molar-refractivity contribution in [3.8, 4) is 6.07 Å². The predicted octanol–water partition coefficient (Wildman–Crippen LogP) is -0.519. The fraction of sp³-hybridized carbons (Fsp3) is 0.692. The largest absolute Gasteiger partial charge is 0.468 e. The SMILES string of the molecule is COC(=O)CN(CC(=O)OC)C(=O)C1(C#N)CCOCC1. The normalized spacial score (nSPS) is 16.4. The summed E-state index contributed by atoms with van der Waals surface area (Å²) in [4.78, 5) is 36.4. The van der Waals surface area contributed by atoms with Crippen molar-refractivity contribution in [1.29, 1.82) is 5.26 Å². The van der Waals surface area contributed by atoms with Crippen LogP contribution in [0.3, 0.4) is 0 Å². The van der Waals surface area contributed by atoms with Gasteiger partial charge in [0, 0.05) is 13.2 Å². The van der Waals surface area contributed by atoms with E-state index in [0.717, 1.165) is 4.90 Å². The third-order valence-electron chi connectivity index (χ3n) is 3.35. The lowest BCUT2D eigenvalue weighted by Crippen LogP contribution is -2.49. The van der Waals surface area contributed by atoms with Crippen molar-refractivity contribution in [1.82, 2.24) is 4.90 Å². The van der Waals surface area contributed by atoms with E-state index in [1.54, 1.807) is 0 Å². The van der Waals surface area contributed by atoms with Gasteiger partial charge in [-0.25, -0.2) is 0 Å². The monoisotopic (exact) mass is 298 g/mol. The number of rotatable bonds is 5. The summed E-state index contributed by atoms with van der Waals surface area (Å²) in [7, 11) is 2.36. The molecule has 1 amide bonds. The summed E-state index contributed by atoms with van der Waals surface area (Å²) in [6.45, 7) is -0.253. The number of esters is 2. The van der Waals surface area contributed by atoms with Gasteiger partial charge < -0.3 is 19.1 Å². The third kappa shape index (κ3) is 4.16. The summed E-state index contributed by atoms with van der Waals surface area (Å²) in [6.07, 6.45) is 0.447. The lowest BCUT2D eigenvalue weighted by atomic mass is 9.80. The molecule has 1 fully saturated rings. The second-order valence-corrected chi connectivity index (χ2v) is 4.62. The van der Waals surface area contributed by atoms with Crippen LogP contribution in [0.2, 0.25) is 0 Å². The van der Waals surface area contributed by atoms with Gasteiger partial charge in [0.25, 0.3) is 0 Å². The molecular weight excluding hydrogens is 280 g/mol. The van der Waals surface area contributed by atoms with Crippen LogP contribution < -0.4 is 0 Å². The topological polar surface area (TPSA) is 106 Å². The lowest BCUT2D eigenvalue weighted by Gasteiger charge is -2.33. The summed E-state index contributed by atoms with van der Waals surface area (Å²) >= 11 is 0. The molecule has 0 spiro atoms. The Morgan fingerprint density at radius 3 is 2.00 bits per heavy atom. The predicted molar refractivity (Wildman–Crippen MR) is 68.7 cm³/mol. The summed E-state index contributed by atoms with van der Waals surface area (Å²) < 4.78 is 14.2. The van der Waals surface area contributed by atoms with E-state index in [-0.39, 0.29) is 26.1 Å². The Morgan fingerprint density at radius 1 is 1.14 bits per heavy atom. The molecule has 0 aromatic heterocycles. The van der Waals surface area contributed by atoms with Crippen LogP contribution in [0.5, 0.6) is 0 Å². The highest BCUT2D eigenvalue weighted by Gasteiger charge is 2.44. The van der Waals surface area contributed by atoms with Crippen LogP contribution in [-0.4, -0.2) is 63.3 Å². The molecule has 8 heteroatoms. The van der Waals surface area contributed by atoms with E-state index in [1.165, 1.54) is 14.2 Å². The van der Waals surface area contributed by atoms with Crippen LogP contribution >= 0.6 is 0 Å². The minimum Gasteiger partial charge on any atom is -0.468 e. The number of nitrogens with zero attached hydrogens (tertiary/aromatic N) is 2. The van der Waals surface area contributed by atoms with Crippen LogP contribution in [0.1, 0.15) is 12.8 Å². The van der Waals surface area contributed by atoms with Gasteiger partial charge in [0.2, 0.25) is 5.91 Å². The fourth-order valence-corrected chi connectivity index (χ4v) is 2.04. The Kier molecular flexibility index (Phi) is 6.11. The molecule has 0 unspecified atom stereocenters. The van der Waals surface area contributed by atoms with E-state index in [1.807, 2.05) is 6.07 Å². The first-order valence-electron chi connectivity index (χ1n) is 6.41. The maximum Gasteiger partial charge on any atom is 0.325 e. The number of ether oxygens (including phenoxy) is 3. The highest BCUT2D eigenvalue weighted by Crippen LogP contribution is 2.32. The summed E-state index contributed by atoms with van der Waals surface area (Å²) in [5.41, 5.74) is -1.28. The van der Waals surface area contributed by atoms with Crippen molar-refractivity contribution in [2.75, 3.05) is 40.5 Å². The van der Waals surface area contributed by atoms with Gasteiger partial charge in [-0.15, -0.1) is 0 Å². The van der Waals surface area contributed by atoms with E-state index in [9.17, 15) is 19.6 Å². The Hall–Kier alpha value is -2.14. The molecule has 0 aromatic rings. The van der Waals surface area contributed by atoms with Crippen LogP contribution in [0.15, 0.2) is 0 Å². The number of methoxy groups -OCH3 is 2. The van der Waals surface area contributed by atoms with Crippen molar-refractivity contribution in [3.63, 3.8) is 0 Å². The number of hydrogen-bond donors (Lipinski definition) is 0. The van der Waals surface area contributed by atoms with E-state index < -0.39 is 36.4 Å². The van der Waals surface area contributed by atoms with Gasteiger partial charge in [-0.3, -0.25) is 14.4 Å². The quantitative estimate of drug-likeness (QED) is 0.629. The second-order valence-electron chi connectivity index (χ2n) is 4.62. The van der Waals surface area contributed by atoms with Gasteiger partial charge >= 0.3 is 11.9 Å². The maximum atomic E-state index is 12.6. The Morgan fingerprint density at radius 2 is 1.62 bits per heavy atom. The van der Waals surface area contributed by atoms with E-state index in [0.29, 0.717) is 0 Å². The first-order chi connectivity index (χ1) is 9.99. The highest BCUT2D eigenvalue weighted by molar-refractivity contribution is 5.91. The Balaban J connectivity index is 2.94. The van der Waals surface area contributed by atoms with Gasteiger partial charge in [0.15, 0.2) is 0 Å². The standard InChI is InChI=1S/C13H18N2O6/c1-19-10(16)7-15(8-11(17)20-2)12(18)13(9-14)3-5-21-6-4-13/h3-8H2,1-2H3. The average Bonchev–Trinajstić information content (AvgIpc) is 2.53. The minimum atomic E-state index is -1.28. The van der Waals surface area contributed by atoms with Gasteiger partial charge in [-0.1, -0.05) is 0 Å². The Labute approximate surface area is 122 Å². The minimum absolute atomic E-state index is 0.223. The summed E-state index contributed by atoms with van der Waals surface area (Å²) in [6, 6.07) is 2.00. The van der Waals surface area contributed by atoms with Crippen LogP contribution in [0, 0.1) is 16.7 Å². The van der Waals surface area contributed by atoms with Crippen LogP contribution in [0.4, 0.5) is 0 Å². The Bertz CT molecular complexity index is 432. The number of amides is 1. The molecule has 1 aliphatic heterocycles. The molecule has 8 nitrogen and oxygen atoms in total. The van der Waals surface area contributed by atoms with Crippen molar-refractivity contribution >= 4 is 17.8 Å². The molecule has 21 heavy (non-hydrogen) atoms. The van der Waals surface area contributed by atoms with Gasteiger partial charge in [0.1, 0.15) is 18.5 Å². The summed E-state index contributed by atoms with van der Waals surface area (Å²) in [5, 5.41) is 9.36. The van der Waals surface area contributed by atoms with Crippen molar-refractivity contribution in [3.05, 3.63) is 0 Å². The molecule has 0 aromatic carbocycles. The first kappa shape index (κ1) is 16.9. The molecule has 1 aliphatic rings. The van der Waals surface area contributed by atoms with Crippen LogP contribution in [-0.2, 0) is 28.6 Å². The molecule has 0 N–H and O–H groups in total. The molecule has 1 rings (SSSR count). The van der Waals surface area contributed by atoms with E-state index >= 15 is 0 Å². The number of carbonyl (C=O) groups is 3.